The number of para-hydroxylation sites is 4. The Labute approximate surface area is 330 Å². The fourth-order valence-corrected chi connectivity index (χ4v) is 5.78. The average molecular weight is 802 g/mol. The van der Waals surface area contributed by atoms with Crippen molar-refractivity contribution < 1.29 is 45.1 Å². The predicted octanol–water partition coefficient (Wildman–Crippen LogP) is 1.26. The number of rotatable bonds is 10. The van der Waals surface area contributed by atoms with Crippen LogP contribution in [0.15, 0.2) is 60.9 Å². The molecule has 0 radical (unpaired) electrons. The van der Waals surface area contributed by atoms with Gasteiger partial charge in [0.05, 0.1) is 47.7 Å². The topological polar surface area (TPSA) is 210 Å². The molecule has 0 aliphatic carbocycles. The van der Waals surface area contributed by atoms with Crippen molar-refractivity contribution in [3.05, 3.63) is 72.3 Å². The van der Waals surface area contributed by atoms with Crippen molar-refractivity contribution in [1.29, 1.82) is 0 Å². The molecule has 0 unspecified atom stereocenters. The van der Waals surface area contributed by atoms with Crippen molar-refractivity contribution >= 4 is 45.7 Å². The zero-order chi connectivity index (χ0) is 39.0. The molecule has 0 spiro atoms. The van der Waals surface area contributed by atoms with E-state index in [1.807, 2.05) is 64.1 Å². The molecule has 3 heterocycles. The summed E-state index contributed by atoms with van der Waals surface area (Å²) < 4.78 is 12.3. The summed E-state index contributed by atoms with van der Waals surface area (Å²) in [5.74, 6) is -1.51. The number of ether oxygens (including phenoxy) is 2. The van der Waals surface area contributed by atoms with E-state index in [4.69, 9.17) is 9.47 Å². The molecule has 1 aliphatic heterocycles. The summed E-state index contributed by atoms with van der Waals surface area (Å²) in [7, 11) is 0. The van der Waals surface area contributed by atoms with Gasteiger partial charge in [0, 0.05) is 50.3 Å². The van der Waals surface area contributed by atoms with Crippen molar-refractivity contribution in [2.24, 2.45) is 0 Å². The smallest absolute Gasteiger partial charge is 0.362 e. The molecule has 4 aromatic rings. The van der Waals surface area contributed by atoms with Gasteiger partial charge in [-0.15, -0.1) is 0 Å². The van der Waals surface area contributed by atoms with E-state index in [2.05, 4.69) is 51.8 Å². The van der Waals surface area contributed by atoms with Gasteiger partial charge in [0.25, 0.3) is 23.6 Å². The first kappa shape index (κ1) is 43.1. The first-order chi connectivity index (χ1) is 25.6. The Hall–Kier alpha value is -4.67. The number of carbonyl (C=O) groups excluding carboxylic acids is 4. The van der Waals surface area contributed by atoms with E-state index in [0.717, 1.165) is 0 Å². The van der Waals surface area contributed by atoms with E-state index in [-0.39, 0.29) is 92.2 Å². The van der Waals surface area contributed by atoms with Crippen molar-refractivity contribution in [2.75, 3.05) is 52.5 Å². The molecule has 296 valence electrons. The molecule has 16 nitrogen and oxygen atoms in total. The van der Waals surface area contributed by atoms with Gasteiger partial charge in [-0.1, -0.05) is 24.3 Å². The average Bonchev–Trinajstić information content (AvgIpc) is 3.13. The Kier molecular flexibility index (Phi) is 14.3. The molecule has 17 heteroatoms. The second kappa shape index (κ2) is 18.3. The molecule has 2 atom stereocenters. The summed E-state index contributed by atoms with van der Waals surface area (Å²) in [5, 5.41) is 18.3. The standard InChI is InChI=1S/C38H50N10O6.Ni/c1-35(2)21-39-23-38(6,54-18-16-42-32(50)30-20-44-26-12-8-10-14-28(26)46-30)34(52)48-36(3,4)22-40-24-37(5,33(51)47-35)53-17-15-41-31(49)29-19-43-25-11-7-9-13-27(25)45-29;/h7-14,19-20,39-40H,15-18,21-24H2,1-6H3,(H,41,49)(H,42,50)(H,47,51)(H,48,52);/q;+2/t37-,38-;/m1./s1. The molecule has 4 amide bonds. The monoisotopic (exact) mass is 800 g/mol. The van der Waals surface area contributed by atoms with Crippen LogP contribution in [-0.4, -0.2) is 118 Å². The zero-order valence-corrected chi connectivity index (χ0v) is 33.0. The Morgan fingerprint density at radius 3 is 1.36 bits per heavy atom. The summed E-state index contributed by atoms with van der Waals surface area (Å²) in [5.41, 5.74) is -1.22. The molecule has 1 fully saturated rings. The summed E-state index contributed by atoms with van der Waals surface area (Å²) in [6, 6.07) is 14.6. The van der Waals surface area contributed by atoms with Crippen molar-refractivity contribution in [3.63, 3.8) is 0 Å². The van der Waals surface area contributed by atoms with Gasteiger partial charge in [0.2, 0.25) is 0 Å². The van der Waals surface area contributed by atoms with E-state index in [1.165, 1.54) is 12.4 Å². The van der Waals surface area contributed by atoms with Crippen LogP contribution in [-0.2, 0) is 35.6 Å². The second-order valence-corrected chi connectivity index (χ2v) is 15.0. The van der Waals surface area contributed by atoms with Gasteiger partial charge in [0.15, 0.2) is 11.2 Å². The van der Waals surface area contributed by atoms with Crippen molar-refractivity contribution in [1.82, 2.24) is 51.8 Å². The number of fused-ring (bicyclic) bond motifs is 2. The van der Waals surface area contributed by atoms with Crippen molar-refractivity contribution in [3.8, 4) is 0 Å². The summed E-state index contributed by atoms with van der Waals surface area (Å²) >= 11 is 0. The third-order valence-electron chi connectivity index (χ3n) is 8.90. The van der Waals surface area contributed by atoms with E-state index in [9.17, 15) is 19.2 Å². The number of nitrogens with zero attached hydrogens (tertiary/aromatic N) is 4. The molecule has 0 saturated carbocycles. The third kappa shape index (κ3) is 11.7. The van der Waals surface area contributed by atoms with E-state index in [1.54, 1.807) is 26.0 Å². The van der Waals surface area contributed by atoms with Gasteiger partial charge in [0.1, 0.15) is 11.4 Å². The van der Waals surface area contributed by atoms with Crippen LogP contribution in [0.5, 0.6) is 0 Å². The SMILES string of the molecule is CC1(C)CNC[C@@](C)(OCCNC(=O)c2cnc3ccccc3n2)C(=O)NC(C)(C)CNC[C@@](C)(OCCNC(=O)c2cnc3ccccc3n2)C(=O)N1.[Ni+2]. The Morgan fingerprint density at radius 2 is 0.982 bits per heavy atom. The number of nitrogens with one attached hydrogen (secondary N) is 6. The van der Waals surface area contributed by atoms with Crippen molar-refractivity contribution in [2.45, 2.75) is 63.8 Å². The minimum Gasteiger partial charge on any atom is -0.362 e. The van der Waals surface area contributed by atoms with Gasteiger partial charge in [-0.2, -0.15) is 0 Å². The van der Waals surface area contributed by atoms with Crippen LogP contribution < -0.4 is 31.9 Å². The van der Waals surface area contributed by atoms with Crippen LogP contribution in [0.3, 0.4) is 0 Å². The van der Waals surface area contributed by atoms with Crippen LogP contribution in [0.4, 0.5) is 0 Å². The first-order valence-electron chi connectivity index (χ1n) is 17.9. The number of benzene rings is 2. The molecule has 0 bridgehead atoms. The Bertz CT molecular complexity index is 1860. The van der Waals surface area contributed by atoms with Gasteiger partial charge < -0.3 is 41.4 Å². The number of hydrogen-bond acceptors (Lipinski definition) is 12. The van der Waals surface area contributed by atoms with Crippen LogP contribution in [0, 0.1) is 0 Å². The van der Waals surface area contributed by atoms with Crippen LogP contribution >= 0.6 is 0 Å². The quantitative estimate of drug-likeness (QED) is 0.0990. The van der Waals surface area contributed by atoms with Gasteiger partial charge in [-0.25, -0.2) is 9.97 Å². The van der Waals surface area contributed by atoms with E-state index < -0.39 is 34.1 Å². The second-order valence-electron chi connectivity index (χ2n) is 15.0. The van der Waals surface area contributed by atoms with E-state index >= 15 is 0 Å². The maximum atomic E-state index is 13.8. The molecular formula is C38H50N10NiO6+2. The molecule has 5 rings (SSSR count). The number of carbonyl (C=O) groups is 4. The first-order valence-corrected chi connectivity index (χ1v) is 17.9. The van der Waals surface area contributed by atoms with Crippen LogP contribution in [0.25, 0.3) is 22.1 Å². The minimum atomic E-state index is -1.32. The predicted molar refractivity (Wildman–Crippen MR) is 203 cm³/mol. The Balaban J connectivity index is 0.00000673. The zero-order valence-electron chi connectivity index (χ0n) is 32.0. The summed E-state index contributed by atoms with van der Waals surface area (Å²) in [6.07, 6.45) is 2.84. The number of aromatic nitrogens is 4. The summed E-state index contributed by atoms with van der Waals surface area (Å²) in [4.78, 5) is 70.5. The molecule has 6 N–H and O–H groups in total. The van der Waals surface area contributed by atoms with E-state index in [0.29, 0.717) is 22.1 Å². The number of hydrogen-bond donors (Lipinski definition) is 6. The van der Waals surface area contributed by atoms with Gasteiger partial charge in [-0.3, -0.25) is 29.1 Å². The van der Waals surface area contributed by atoms with Crippen LogP contribution in [0.1, 0.15) is 62.5 Å². The van der Waals surface area contributed by atoms with Gasteiger partial charge in [-0.05, 0) is 65.8 Å². The molecule has 55 heavy (non-hydrogen) atoms. The maximum Gasteiger partial charge on any atom is 2.00 e. The van der Waals surface area contributed by atoms with Gasteiger partial charge >= 0.3 is 16.5 Å². The normalized spacial score (nSPS) is 21.7. The molecular weight excluding hydrogens is 751 g/mol. The maximum absolute atomic E-state index is 13.8. The number of amides is 4. The fourth-order valence-electron chi connectivity index (χ4n) is 5.78. The molecule has 1 saturated heterocycles. The molecule has 1 aliphatic rings. The fraction of sp³-hybridized carbons (Fsp3) is 0.474. The Morgan fingerprint density at radius 1 is 0.618 bits per heavy atom. The summed E-state index contributed by atoms with van der Waals surface area (Å²) in [6.45, 7) is 11.9. The minimum absolute atomic E-state index is 0. The van der Waals surface area contributed by atoms with Crippen LogP contribution in [0.2, 0.25) is 0 Å². The molecule has 2 aromatic heterocycles. The third-order valence-corrected chi connectivity index (χ3v) is 8.90. The largest absolute Gasteiger partial charge is 2.00 e. The molecule has 2 aromatic carbocycles.